The number of benzene rings is 6. The predicted molar refractivity (Wildman–Crippen MR) is 246 cm³/mol. The van der Waals surface area contributed by atoms with Crippen molar-refractivity contribution in [1.82, 2.24) is 25.2 Å². The SMILES string of the molecule is CC(NC(=O)N1C(=O)C2(c3cc(C#CCn4nnc5ccccc54)ccc31)C(C(=O)O)C1C(=O)OC(c3ccccc3)C(c3ccccc3)N1C2c1cccc(OCCO)c1)c1ccccc1. The molecule has 0 radical (unpaired) electrons. The molecule has 4 heterocycles. The van der Waals surface area contributed by atoms with Crippen LogP contribution in [0.5, 0.6) is 5.75 Å². The van der Waals surface area contributed by atoms with Gasteiger partial charge in [0.25, 0.3) is 0 Å². The number of para-hydroxylation sites is 1. The summed E-state index contributed by atoms with van der Waals surface area (Å²) in [5.41, 5.74) is 2.65. The Balaban J connectivity index is 1.21. The molecule has 6 aromatic carbocycles. The fraction of sp³-hybridized carbons (Fsp3) is 0.208. The number of hydrogen-bond acceptors (Lipinski definition) is 10. The average molecular weight is 893 g/mol. The number of carboxylic acid groups (broad SMARTS) is 1. The quantitative estimate of drug-likeness (QED) is 0.0946. The molecule has 334 valence electrons. The maximum absolute atomic E-state index is 16.3. The third kappa shape index (κ3) is 7.34. The van der Waals surface area contributed by atoms with Gasteiger partial charge in [-0.1, -0.05) is 132 Å². The van der Waals surface area contributed by atoms with Crippen LogP contribution < -0.4 is 15.0 Å². The number of hydrogen-bond donors (Lipinski definition) is 3. The summed E-state index contributed by atoms with van der Waals surface area (Å²) in [5.74, 6) is 1.76. The van der Waals surface area contributed by atoms with Gasteiger partial charge in [0.15, 0.2) is 0 Å². The van der Waals surface area contributed by atoms with Crippen LogP contribution in [0.3, 0.4) is 0 Å². The lowest BCUT2D eigenvalue weighted by atomic mass is 9.65. The Morgan fingerprint density at radius 2 is 1.51 bits per heavy atom. The standard InChI is InChI=1S/C53H44N6O8/c1-33(35-16-5-2-6-17-35)54-52(65)58-42-27-26-34(15-14-28-57-43-25-12-11-24-41(43)55-56-57)31-40(42)53(51(58)64)44(49(61)62)46-50(63)67-47(37-20-9-4-10-21-37)45(36-18-7-3-8-19-36)59(46)48(53)38-22-13-23-39(32-38)66-30-29-60/h2-13,16-27,31-33,44-48,60H,28-30H2,1H3,(H,54,65)(H,61,62). The first kappa shape index (κ1) is 42.8. The number of rotatable bonds is 10. The lowest BCUT2D eigenvalue weighted by Gasteiger charge is -2.46. The van der Waals surface area contributed by atoms with Gasteiger partial charge in [-0.2, -0.15) is 0 Å². The average Bonchev–Trinajstić information content (AvgIpc) is 4.00. The Hall–Kier alpha value is -8.12. The Kier molecular flexibility index (Phi) is 11.3. The van der Waals surface area contributed by atoms with E-state index in [2.05, 4.69) is 27.5 Å². The highest BCUT2D eigenvalue weighted by Crippen LogP contribution is 2.66. The lowest BCUT2D eigenvalue weighted by molar-refractivity contribution is -0.179. The van der Waals surface area contributed by atoms with Gasteiger partial charge in [0, 0.05) is 5.56 Å². The number of urea groups is 1. The monoisotopic (exact) mass is 892 g/mol. The first-order valence-corrected chi connectivity index (χ1v) is 22.0. The minimum atomic E-state index is -2.17. The summed E-state index contributed by atoms with van der Waals surface area (Å²) in [6.45, 7) is 1.64. The molecule has 1 aromatic heterocycles. The topological polar surface area (TPSA) is 176 Å². The van der Waals surface area contributed by atoms with Crippen molar-refractivity contribution in [2.24, 2.45) is 5.92 Å². The zero-order valence-corrected chi connectivity index (χ0v) is 36.2. The molecule has 3 aliphatic rings. The van der Waals surface area contributed by atoms with Crippen molar-refractivity contribution in [3.63, 3.8) is 0 Å². The molecule has 2 fully saturated rings. The summed E-state index contributed by atoms with van der Waals surface area (Å²) in [7, 11) is 0. The molecule has 14 nitrogen and oxygen atoms in total. The van der Waals surface area contributed by atoms with Crippen LogP contribution in [0.4, 0.5) is 10.5 Å². The number of ether oxygens (including phenoxy) is 2. The number of aromatic nitrogens is 3. The second kappa shape index (κ2) is 17.7. The molecule has 1 spiro atoms. The third-order valence-electron chi connectivity index (χ3n) is 13.0. The summed E-state index contributed by atoms with van der Waals surface area (Å²) < 4.78 is 14.0. The number of aliphatic hydroxyl groups is 1. The van der Waals surface area contributed by atoms with E-state index in [1.54, 1.807) is 54.1 Å². The molecule has 7 unspecified atom stereocenters. The summed E-state index contributed by atoms with van der Waals surface area (Å²) in [6.07, 6.45) is -0.958. The Morgan fingerprint density at radius 3 is 2.24 bits per heavy atom. The summed E-state index contributed by atoms with van der Waals surface area (Å²) in [6, 6.07) is 42.1. The summed E-state index contributed by atoms with van der Waals surface area (Å²) >= 11 is 0. The Labute approximate surface area is 385 Å². The molecular weight excluding hydrogens is 849 g/mol. The maximum atomic E-state index is 16.3. The number of nitrogens with one attached hydrogen (secondary N) is 1. The van der Waals surface area contributed by atoms with Gasteiger partial charge < -0.3 is 25.0 Å². The number of morpholine rings is 1. The van der Waals surface area contributed by atoms with Gasteiger partial charge in [-0.3, -0.25) is 19.3 Å². The fourth-order valence-corrected chi connectivity index (χ4v) is 10.2. The molecule has 67 heavy (non-hydrogen) atoms. The van der Waals surface area contributed by atoms with E-state index in [9.17, 15) is 19.8 Å². The van der Waals surface area contributed by atoms with Gasteiger partial charge >= 0.3 is 18.0 Å². The van der Waals surface area contributed by atoms with Crippen LogP contribution in [0.2, 0.25) is 0 Å². The number of fused-ring (bicyclic) bond motifs is 4. The molecule has 0 saturated carbocycles. The van der Waals surface area contributed by atoms with Gasteiger partial charge in [-0.25, -0.2) is 14.4 Å². The first-order chi connectivity index (χ1) is 32.7. The molecule has 3 amide bonds. The minimum absolute atomic E-state index is 0.0415. The zero-order valence-electron chi connectivity index (χ0n) is 36.2. The van der Waals surface area contributed by atoms with Gasteiger partial charge in [0.05, 0.1) is 35.9 Å². The summed E-state index contributed by atoms with van der Waals surface area (Å²) in [4.78, 5) is 63.4. The van der Waals surface area contributed by atoms with Crippen molar-refractivity contribution in [2.45, 2.75) is 49.2 Å². The van der Waals surface area contributed by atoms with Crippen LogP contribution in [0.25, 0.3) is 11.0 Å². The summed E-state index contributed by atoms with van der Waals surface area (Å²) in [5, 5.41) is 33.0. The van der Waals surface area contributed by atoms with E-state index in [0.29, 0.717) is 33.5 Å². The van der Waals surface area contributed by atoms with Crippen molar-refractivity contribution in [3.8, 4) is 17.6 Å². The molecule has 0 bridgehead atoms. The van der Waals surface area contributed by atoms with Crippen LogP contribution in [0, 0.1) is 17.8 Å². The number of carboxylic acids is 1. The molecular formula is C53H44N6O8. The van der Waals surface area contributed by atoms with Crippen LogP contribution >= 0.6 is 0 Å². The van der Waals surface area contributed by atoms with Crippen LogP contribution in [-0.2, 0) is 31.1 Å². The van der Waals surface area contributed by atoms with E-state index < -0.39 is 65.5 Å². The molecule has 10 rings (SSSR count). The third-order valence-corrected chi connectivity index (χ3v) is 13.0. The molecule has 0 aliphatic carbocycles. The van der Waals surface area contributed by atoms with Crippen LogP contribution in [0.1, 0.15) is 64.5 Å². The van der Waals surface area contributed by atoms with Gasteiger partial charge in [-0.05, 0) is 77.2 Å². The number of aliphatic hydroxyl groups excluding tert-OH is 1. The number of carbonyl (C=O) groups is 4. The number of cyclic esters (lactones) is 1. The van der Waals surface area contributed by atoms with Crippen LogP contribution in [-0.4, -0.2) is 73.2 Å². The van der Waals surface area contributed by atoms with E-state index in [1.165, 1.54) is 0 Å². The largest absolute Gasteiger partial charge is 0.491 e. The van der Waals surface area contributed by atoms with Crippen molar-refractivity contribution in [3.05, 3.63) is 191 Å². The van der Waals surface area contributed by atoms with Crippen molar-refractivity contribution in [1.29, 1.82) is 0 Å². The molecule has 7 aromatic rings. The maximum Gasteiger partial charge on any atom is 0.329 e. The number of nitrogens with zero attached hydrogens (tertiary/aromatic N) is 5. The normalized spacial score (nSPS) is 22.4. The highest BCUT2D eigenvalue weighted by molar-refractivity contribution is 6.24. The molecule has 3 aliphatic heterocycles. The van der Waals surface area contributed by atoms with Crippen molar-refractivity contribution in [2.75, 3.05) is 18.1 Å². The first-order valence-electron chi connectivity index (χ1n) is 22.0. The Morgan fingerprint density at radius 1 is 0.821 bits per heavy atom. The number of carbonyl (C=O) groups excluding carboxylic acids is 3. The number of aliphatic carboxylic acids is 1. The Bertz CT molecular complexity index is 3080. The second-order valence-electron chi connectivity index (χ2n) is 16.7. The number of anilines is 1. The molecule has 2 saturated heterocycles. The minimum Gasteiger partial charge on any atom is -0.491 e. The highest BCUT2D eigenvalue weighted by atomic mass is 16.6. The van der Waals surface area contributed by atoms with Crippen LogP contribution in [0.15, 0.2) is 158 Å². The predicted octanol–water partition coefficient (Wildman–Crippen LogP) is 7.08. The number of imide groups is 1. The molecule has 3 N–H and O–H groups in total. The van der Waals surface area contributed by atoms with Gasteiger partial charge in [-0.15, -0.1) is 5.10 Å². The fourth-order valence-electron chi connectivity index (χ4n) is 10.2. The van der Waals surface area contributed by atoms with Crippen molar-refractivity contribution < 1.29 is 38.9 Å². The lowest BCUT2D eigenvalue weighted by Crippen LogP contribution is -2.54. The van der Waals surface area contributed by atoms with E-state index >= 15 is 9.59 Å². The molecule has 7 atom stereocenters. The van der Waals surface area contributed by atoms with E-state index in [1.807, 2.05) is 120 Å². The van der Waals surface area contributed by atoms with Gasteiger partial charge in [0.1, 0.15) is 47.9 Å². The van der Waals surface area contributed by atoms with E-state index in [-0.39, 0.29) is 31.0 Å². The number of esters is 1. The number of amides is 3. The van der Waals surface area contributed by atoms with E-state index in [4.69, 9.17) is 9.47 Å². The van der Waals surface area contributed by atoms with E-state index in [0.717, 1.165) is 16.0 Å². The van der Waals surface area contributed by atoms with Gasteiger partial charge in [0.2, 0.25) is 5.91 Å². The van der Waals surface area contributed by atoms with Crippen molar-refractivity contribution >= 4 is 40.6 Å². The second-order valence-corrected chi connectivity index (χ2v) is 16.7. The zero-order chi connectivity index (χ0) is 46.2. The smallest absolute Gasteiger partial charge is 0.329 e. The highest BCUT2D eigenvalue weighted by Gasteiger charge is 2.76. The molecule has 14 heteroatoms.